The molecular weight excluding hydrogens is 246 g/mol. The van der Waals surface area contributed by atoms with E-state index in [0.29, 0.717) is 19.4 Å². The van der Waals surface area contributed by atoms with E-state index in [4.69, 9.17) is 4.74 Å². The van der Waals surface area contributed by atoms with Gasteiger partial charge in [-0.1, -0.05) is 39.0 Å². The number of hydrogen-bond donors (Lipinski definition) is 2. The number of nitrogens with one attached hydrogen (secondary N) is 1. The largest absolute Gasteiger partial charge is 0.464 e. The van der Waals surface area contributed by atoms with Crippen LogP contribution in [-0.2, 0) is 14.3 Å². The Balaban J connectivity index is 2.08. The SMILES string of the molecule is CCCCCCCC(O)CC(=O)NC1CCOC1=O. The lowest BCUT2D eigenvalue weighted by Crippen LogP contribution is -2.39. The molecule has 1 aliphatic rings. The van der Waals surface area contributed by atoms with Crippen LogP contribution in [-0.4, -0.2) is 35.7 Å². The quantitative estimate of drug-likeness (QED) is 0.492. The van der Waals surface area contributed by atoms with Crippen molar-refractivity contribution in [2.45, 2.75) is 70.4 Å². The van der Waals surface area contributed by atoms with Crippen LogP contribution >= 0.6 is 0 Å². The maximum absolute atomic E-state index is 11.6. The second kappa shape index (κ2) is 8.91. The van der Waals surface area contributed by atoms with Crippen LogP contribution < -0.4 is 5.32 Å². The van der Waals surface area contributed by atoms with Crippen molar-refractivity contribution in [2.75, 3.05) is 6.61 Å². The summed E-state index contributed by atoms with van der Waals surface area (Å²) >= 11 is 0. The predicted octanol–water partition coefficient (Wildman–Crippen LogP) is 1.53. The van der Waals surface area contributed by atoms with Crippen molar-refractivity contribution in [1.82, 2.24) is 5.32 Å². The van der Waals surface area contributed by atoms with Gasteiger partial charge in [-0.3, -0.25) is 4.79 Å². The summed E-state index contributed by atoms with van der Waals surface area (Å²) in [5, 5.41) is 12.3. The number of hydrogen-bond acceptors (Lipinski definition) is 4. The zero-order chi connectivity index (χ0) is 14.1. The summed E-state index contributed by atoms with van der Waals surface area (Å²) in [5.41, 5.74) is 0. The number of aliphatic hydroxyl groups excluding tert-OH is 1. The summed E-state index contributed by atoms with van der Waals surface area (Å²) in [6, 6.07) is -0.524. The zero-order valence-electron chi connectivity index (χ0n) is 11.7. The van der Waals surface area contributed by atoms with Gasteiger partial charge in [0.1, 0.15) is 6.04 Å². The predicted molar refractivity (Wildman–Crippen MR) is 71.5 cm³/mol. The normalized spacial score (nSPS) is 20.1. The first-order chi connectivity index (χ1) is 9.13. The van der Waals surface area contributed by atoms with Crippen molar-refractivity contribution in [2.24, 2.45) is 0 Å². The van der Waals surface area contributed by atoms with E-state index in [2.05, 4.69) is 12.2 Å². The molecule has 1 heterocycles. The minimum atomic E-state index is -0.612. The number of unbranched alkanes of at least 4 members (excludes halogenated alkanes) is 4. The van der Waals surface area contributed by atoms with E-state index in [1.807, 2.05) is 0 Å². The topological polar surface area (TPSA) is 75.6 Å². The zero-order valence-corrected chi connectivity index (χ0v) is 11.7. The fourth-order valence-corrected chi connectivity index (χ4v) is 2.18. The molecule has 1 saturated heterocycles. The average molecular weight is 271 g/mol. The molecule has 2 unspecified atom stereocenters. The summed E-state index contributed by atoms with van der Waals surface area (Å²) in [4.78, 5) is 22.8. The molecule has 0 aromatic carbocycles. The molecular formula is C14H25NO4. The molecule has 2 atom stereocenters. The van der Waals surface area contributed by atoms with Crippen molar-refractivity contribution < 1.29 is 19.4 Å². The monoisotopic (exact) mass is 271 g/mol. The molecule has 2 N–H and O–H groups in total. The smallest absolute Gasteiger partial charge is 0.328 e. The Bertz CT molecular complexity index is 293. The fraction of sp³-hybridized carbons (Fsp3) is 0.857. The molecule has 1 rings (SSSR count). The van der Waals surface area contributed by atoms with Crippen LogP contribution in [0.3, 0.4) is 0 Å². The van der Waals surface area contributed by atoms with Gasteiger partial charge in [-0.2, -0.15) is 0 Å². The van der Waals surface area contributed by atoms with E-state index >= 15 is 0 Å². The average Bonchev–Trinajstić information content (AvgIpc) is 2.74. The molecule has 110 valence electrons. The van der Waals surface area contributed by atoms with Crippen LogP contribution in [0.2, 0.25) is 0 Å². The molecule has 1 amide bonds. The van der Waals surface area contributed by atoms with Crippen LogP contribution in [0, 0.1) is 0 Å². The molecule has 5 nitrogen and oxygen atoms in total. The highest BCUT2D eigenvalue weighted by Crippen LogP contribution is 2.10. The molecule has 0 aromatic rings. The number of esters is 1. The van der Waals surface area contributed by atoms with Crippen LogP contribution in [0.5, 0.6) is 0 Å². The molecule has 0 spiro atoms. The van der Waals surface area contributed by atoms with Gasteiger partial charge in [0.15, 0.2) is 0 Å². The van der Waals surface area contributed by atoms with E-state index in [1.54, 1.807) is 0 Å². The van der Waals surface area contributed by atoms with Gasteiger partial charge in [-0.25, -0.2) is 4.79 Å². The first-order valence-corrected chi connectivity index (χ1v) is 7.27. The third-order valence-corrected chi connectivity index (χ3v) is 3.33. The molecule has 1 fully saturated rings. The van der Waals surface area contributed by atoms with E-state index in [9.17, 15) is 14.7 Å². The van der Waals surface area contributed by atoms with Crippen LogP contribution in [0.1, 0.15) is 58.3 Å². The number of rotatable bonds is 9. The molecule has 19 heavy (non-hydrogen) atoms. The minimum Gasteiger partial charge on any atom is -0.464 e. The van der Waals surface area contributed by atoms with Crippen LogP contribution in [0.25, 0.3) is 0 Å². The lowest BCUT2D eigenvalue weighted by Gasteiger charge is -2.12. The lowest BCUT2D eigenvalue weighted by molar-refractivity contribution is -0.141. The Kier molecular flexibility index (Phi) is 7.48. The third kappa shape index (κ3) is 6.57. The number of ether oxygens (including phenoxy) is 1. The van der Waals surface area contributed by atoms with Crippen LogP contribution in [0.4, 0.5) is 0 Å². The highest BCUT2D eigenvalue weighted by molar-refractivity contribution is 5.85. The molecule has 0 bridgehead atoms. The maximum atomic E-state index is 11.6. The highest BCUT2D eigenvalue weighted by Gasteiger charge is 2.28. The summed E-state index contributed by atoms with van der Waals surface area (Å²) in [6.07, 6.45) is 6.27. The minimum absolute atomic E-state index is 0.0670. The van der Waals surface area contributed by atoms with Crippen molar-refractivity contribution in [3.8, 4) is 0 Å². The van der Waals surface area contributed by atoms with E-state index < -0.39 is 12.1 Å². The van der Waals surface area contributed by atoms with E-state index in [1.165, 1.54) is 19.3 Å². The summed E-state index contributed by atoms with van der Waals surface area (Å²) in [7, 11) is 0. The van der Waals surface area contributed by atoms with E-state index in [0.717, 1.165) is 12.8 Å². The lowest BCUT2D eigenvalue weighted by atomic mass is 10.1. The summed E-state index contributed by atoms with van der Waals surface area (Å²) in [6.45, 7) is 2.52. The molecule has 0 aliphatic carbocycles. The maximum Gasteiger partial charge on any atom is 0.328 e. The van der Waals surface area contributed by atoms with Gasteiger partial charge in [0.05, 0.1) is 19.1 Å². The number of aliphatic hydroxyl groups is 1. The van der Waals surface area contributed by atoms with Gasteiger partial charge < -0.3 is 15.2 Å². The van der Waals surface area contributed by atoms with Crippen molar-refractivity contribution in [3.05, 3.63) is 0 Å². The Morgan fingerprint density at radius 3 is 2.79 bits per heavy atom. The number of amides is 1. The second-order valence-electron chi connectivity index (χ2n) is 5.14. The van der Waals surface area contributed by atoms with Crippen molar-refractivity contribution >= 4 is 11.9 Å². The Morgan fingerprint density at radius 1 is 1.42 bits per heavy atom. The molecule has 0 radical (unpaired) electrons. The Morgan fingerprint density at radius 2 is 2.16 bits per heavy atom. The van der Waals surface area contributed by atoms with Gasteiger partial charge >= 0.3 is 5.97 Å². The number of carbonyl (C=O) groups excluding carboxylic acids is 2. The van der Waals surface area contributed by atoms with Gasteiger partial charge in [0.2, 0.25) is 5.91 Å². The number of cyclic esters (lactones) is 1. The van der Waals surface area contributed by atoms with Gasteiger partial charge in [0.25, 0.3) is 0 Å². The molecule has 0 saturated carbocycles. The van der Waals surface area contributed by atoms with Crippen molar-refractivity contribution in [3.63, 3.8) is 0 Å². The Hall–Kier alpha value is -1.10. The second-order valence-corrected chi connectivity index (χ2v) is 5.14. The van der Waals surface area contributed by atoms with Gasteiger partial charge in [-0.15, -0.1) is 0 Å². The van der Waals surface area contributed by atoms with Gasteiger partial charge in [-0.05, 0) is 6.42 Å². The van der Waals surface area contributed by atoms with Crippen molar-refractivity contribution in [1.29, 1.82) is 0 Å². The fourth-order valence-electron chi connectivity index (χ4n) is 2.18. The van der Waals surface area contributed by atoms with Gasteiger partial charge in [0, 0.05) is 6.42 Å². The highest BCUT2D eigenvalue weighted by atomic mass is 16.5. The third-order valence-electron chi connectivity index (χ3n) is 3.33. The Labute approximate surface area is 114 Å². The first-order valence-electron chi connectivity index (χ1n) is 7.27. The summed E-state index contributed by atoms with van der Waals surface area (Å²) < 4.78 is 4.76. The molecule has 5 heteroatoms. The number of carbonyl (C=O) groups is 2. The standard InChI is InChI=1S/C14H25NO4/c1-2-3-4-5-6-7-11(16)10-13(17)15-12-8-9-19-14(12)18/h11-12,16H,2-10H2,1H3,(H,15,17). The first kappa shape index (κ1) is 16.0. The molecule has 1 aliphatic heterocycles. The summed E-state index contributed by atoms with van der Waals surface area (Å²) in [5.74, 6) is -0.646. The van der Waals surface area contributed by atoms with E-state index in [-0.39, 0.29) is 18.3 Å². The van der Waals surface area contributed by atoms with Crippen LogP contribution in [0.15, 0.2) is 0 Å². The molecule has 0 aromatic heterocycles.